The fraction of sp³-hybridized carbons (Fsp3) is 0.130. The van der Waals surface area contributed by atoms with E-state index in [1.165, 1.54) is 21.8 Å². The summed E-state index contributed by atoms with van der Waals surface area (Å²) in [6.45, 7) is 0.896. The summed E-state index contributed by atoms with van der Waals surface area (Å²) in [7, 11) is 0. The largest absolute Gasteiger partial charge is 0.340 e. The third kappa shape index (κ3) is 2.81. The Labute approximate surface area is 152 Å². The number of nitriles is 2. The number of aromatic nitrogens is 1. The molecule has 0 spiro atoms. The Bertz CT molecular complexity index is 1100. The molecule has 26 heavy (non-hydrogen) atoms. The van der Waals surface area contributed by atoms with Gasteiger partial charge in [0.1, 0.15) is 0 Å². The van der Waals surface area contributed by atoms with E-state index in [-0.39, 0.29) is 0 Å². The number of fused-ring (bicyclic) bond motifs is 3. The second-order valence-corrected chi connectivity index (χ2v) is 6.43. The molecule has 3 aromatic carbocycles. The summed E-state index contributed by atoms with van der Waals surface area (Å²) in [5.74, 6) is 0. The smallest absolute Gasteiger partial charge is 0.0992 e. The Kier molecular flexibility index (Phi) is 4.14. The zero-order valence-electron chi connectivity index (χ0n) is 14.3. The Hall–Kier alpha value is -3.56. The minimum Gasteiger partial charge on any atom is -0.340 e. The Morgan fingerprint density at radius 1 is 0.731 bits per heavy atom. The molecule has 3 heteroatoms. The molecule has 0 amide bonds. The van der Waals surface area contributed by atoms with Crippen LogP contribution in [-0.4, -0.2) is 4.57 Å². The molecule has 0 bridgehead atoms. The van der Waals surface area contributed by atoms with Crippen LogP contribution in [-0.2, 0) is 13.0 Å². The average molecular weight is 335 g/mol. The lowest BCUT2D eigenvalue weighted by Crippen LogP contribution is -2.00. The highest BCUT2D eigenvalue weighted by molar-refractivity contribution is 6.07. The van der Waals surface area contributed by atoms with Crippen molar-refractivity contribution in [2.45, 2.75) is 19.4 Å². The Balaban J connectivity index is 1.63. The second-order valence-electron chi connectivity index (χ2n) is 6.43. The minimum absolute atomic E-state index is 0.552. The second kappa shape index (κ2) is 6.75. The first-order valence-corrected chi connectivity index (χ1v) is 8.70. The van der Waals surface area contributed by atoms with E-state index >= 15 is 0 Å². The summed E-state index contributed by atoms with van der Waals surface area (Å²) in [6, 6.07) is 26.7. The van der Waals surface area contributed by atoms with Gasteiger partial charge in [-0.25, -0.2) is 0 Å². The molecule has 0 unspecified atom stereocenters. The highest BCUT2D eigenvalue weighted by atomic mass is 15.0. The van der Waals surface area contributed by atoms with Crippen LogP contribution in [0.5, 0.6) is 0 Å². The van der Waals surface area contributed by atoms with Crippen molar-refractivity contribution in [1.29, 1.82) is 10.5 Å². The van der Waals surface area contributed by atoms with Gasteiger partial charge in [-0.2, -0.15) is 10.5 Å². The van der Waals surface area contributed by atoms with Gasteiger partial charge in [-0.3, -0.25) is 0 Å². The van der Waals surface area contributed by atoms with E-state index in [4.69, 9.17) is 10.5 Å². The van der Waals surface area contributed by atoms with Gasteiger partial charge in [0.15, 0.2) is 0 Å². The Morgan fingerprint density at radius 2 is 1.27 bits per heavy atom. The van der Waals surface area contributed by atoms with Gasteiger partial charge in [0.25, 0.3) is 0 Å². The van der Waals surface area contributed by atoms with Crippen LogP contribution >= 0.6 is 0 Å². The van der Waals surface area contributed by atoms with Gasteiger partial charge < -0.3 is 4.57 Å². The van der Waals surface area contributed by atoms with E-state index in [0.717, 1.165) is 24.9 Å². The van der Waals surface area contributed by atoms with Crippen LogP contribution in [0, 0.1) is 22.7 Å². The number of rotatable bonds is 4. The SMILES string of the molecule is N#Cc1cc(C#N)cc(CCCn2c3ccccc3c3ccccc32)c1. The van der Waals surface area contributed by atoms with Crippen molar-refractivity contribution in [2.24, 2.45) is 0 Å². The molecule has 1 heterocycles. The number of para-hydroxylation sites is 2. The van der Waals surface area contributed by atoms with Crippen molar-refractivity contribution in [1.82, 2.24) is 4.57 Å². The first-order valence-electron chi connectivity index (χ1n) is 8.70. The first-order chi connectivity index (χ1) is 12.8. The van der Waals surface area contributed by atoms with E-state index in [0.29, 0.717) is 11.1 Å². The van der Waals surface area contributed by atoms with Crippen molar-refractivity contribution >= 4 is 21.8 Å². The van der Waals surface area contributed by atoms with Crippen molar-refractivity contribution in [3.8, 4) is 12.1 Å². The summed E-state index contributed by atoms with van der Waals surface area (Å²) >= 11 is 0. The van der Waals surface area contributed by atoms with E-state index in [1.54, 1.807) is 6.07 Å². The molecular formula is C23H17N3. The predicted molar refractivity (Wildman–Crippen MR) is 104 cm³/mol. The molecule has 0 fully saturated rings. The standard InChI is InChI=1S/C23H17N3/c24-15-18-12-17(13-19(14-18)16-25)6-5-11-26-22-9-3-1-7-20(22)21-8-2-4-10-23(21)26/h1-4,7-10,12-14H,5-6,11H2. The summed E-state index contributed by atoms with van der Waals surface area (Å²) in [6.07, 6.45) is 1.79. The number of hydrogen-bond donors (Lipinski definition) is 0. The molecule has 0 N–H and O–H groups in total. The topological polar surface area (TPSA) is 52.5 Å². The lowest BCUT2D eigenvalue weighted by molar-refractivity contribution is 0.678. The zero-order chi connectivity index (χ0) is 17.9. The maximum absolute atomic E-state index is 9.13. The van der Waals surface area contributed by atoms with Gasteiger partial charge in [-0.15, -0.1) is 0 Å². The van der Waals surface area contributed by atoms with Crippen LogP contribution < -0.4 is 0 Å². The maximum atomic E-state index is 9.13. The van der Waals surface area contributed by atoms with Crippen molar-refractivity contribution in [3.05, 3.63) is 83.4 Å². The molecular weight excluding hydrogens is 318 g/mol. The first kappa shape index (κ1) is 15.9. The molecule has 0 radical (unpaired) electrons. The molecule has 4 aromatic rings. The number of benzene rings is 3. The Morgan fingerprint density at radius 3 is 1.81 bits per heavy atom. The monoisotopic (exact) mass is 335 g/mol. The molecule has 0 saturated carbocycles. The average Bonchev–Trinajstić information content (AvgIpc) is 3.02. The van der Waals surface area contributed by atoms with E-state index in [9.17, 15) is 0 Å². The van der Waals surface area contributed by atoms with Gasteiger partial charge in [-0.1, -0.05) is 36.4 Å². The van der Waals surface area contributed by atoms with Crippen molar-refractivity contribution in [2.75, 3.05) is 0 Å². The molecule has 1 aromatic heterocycles. The van der Waals surface area contributed by atoms with Gasteiger partial charge in [-0.05, 0) is 48.7 Å². The molecule has 4 rings (SSSR count). The van der Waals surface area contributed by atoms with Crippen LogP contribution in [0.15, 0.2) is 66.7 Å². The molecule has 0 saturated heterocycles. The highest BCUT2D eigenvalue weighted by Gasteiger charge is 2.09. The third-order valence-corrected chi connectivity index (χ3v) is 4.78. The molecule has 0 aliphatic heterocycles. The predicted octanol–water partition coefficient (Wildman–Crippen LogP) is 5.17. The van der Waals surface area contributed by atoms with Crippen LogP contribution in [0.25, 0.3) is 21.8 Å². The fourth-order valence-electron chi connectivity index (χ4n) is 3.65. The lowest BCUT2D eigenvalue weighted by Gasteiger charge is -2.08. The van der Waals surface area contributed by atoms with E-state index in [2.05, 4.69) is 65.2 Å². The molecule has 3 nitrogen and oxygen atoms in total. The summed E-state index contributed by atoms with van der Waals surface area (Å²) < 4.78 is 2.37. The molecule has 0 atom stereocenters. The van der Waals surface area contributed by atoms with Gasteiger partial charge in [0, 0.05) is 28.4 Å². The fourth-order valence-corrected chi connectivity index (χ4v) is 3.65. The van der Waals surface area contributed by atoms with Crippen LogP contribution in [0.4, 0.5) is 0 Å². The minimum atomic E-state index is 0.552. The third-order valence-electron chi connectivity index (χ3n) is 4.78. The number of nitrogens with zero attached hydrogens (tertiary/aromatic N) is 3. The maximum Gasteiger partial charge on any atom is 0.0992 e. The quantitative estimate of drug-likeness (QED) is 0.516. The van der Waals surface area contributed by atoms with Crippen LogP contribution in [0.3, 0.4) is 0 Å². The van der Waals surface area contributed by atoms with Crippen LogP contribution in [0.2, 0.25) is 0 Å². The van der Waals surface area contributed by atoms with Crippen LogP contribution in [0.1, 0.15) is 23.1 Å². The molecule has 0 aliphatic carbocycles. The van der Waals surface area contributed by atoms with Gasteiger partial charge >= 0.3 is 0 Å². The summed E-state index contributed by atoms with van der Waals surface area (Å²) in [5.41, 5.74) is 4.64. The normalized spacial score (nSPS) is 10.7. The zero-order valence-corrected chi connectivity index (χ0v) is 14.3. The van der Waals surface area contributed by atoms with E-state index < -0.39 is 0 Å². The highest BCUT2D eigenvalue weighted by Crippen LogP contribution is 2.29. The number of aryl methyl sites for hydroxylation is 2. The van der Waals surface area contributed by atoms with Gasteiger partial charge in [0.2, 0.25) is 0 Å². The summed E-state index contributed by atoms with van der Waals surface area (Å²) in [5, 5.41) is 20.8. The molecule has 0 aliphatic rings. The van der Waals surface area contributed by atoms with Gasteiger partial charge in [0.05, 0.1) is 23.3 Å². The lowest BCUT2D eigenvalue weighted by atomic mass is 10.0. The summed E-state index contributed by atoms with van der Waals surface area (Å²) in [4.78, 5) is 0. The van der Waals surface area contributed by atoms with E-state index in [1.807, 2.05) is 12.1 Å². The molecule has 124 valence electrons. The van der Waals surface area contributed by atoms with Crippen molar-refractivity contribution in [3.63, 3.8) is 0 Å². The van der Waals surface area contributed by atoms with Crippen molar-refractivity contribution < 1.29 is 0 Å². The number of hydrogen-bond acceptors (Lipinski definition) is 2.